The smallest absolute Gasteiger partial charge is 0.184 e. The lowest BCUT2D eigenvalue weighted by atomic mass is 10.1. The summed E-state index contributed by atoms with van der Waals surface area (Å²) in [6, 6.07) is 0. The highest BCUT2D eigenvalue weighted by atomic mass is 16.7. The summed E-state index contributed by atoms with van der Waals surface area (Å²) in [5.74, 6) is 1.21. The number of amidine groups is 1. The van der Waals surface area contributed by atoms with Gasteiger partial charge in [-0.05, 0) is 6.92 Å². The summed E-state index contributed by atoms with van der Waals surface area (Å²) in [7, 11) is 0. The van der Waals surface area contributed by atoms with Crippen LogP contribution in [0.3, 0.4) is 0 Å². The average molecular weight is 310 g/mol. The number of rotatable bonds is 3. The zero-order chi connectivity index (χ0) is 15.7. The molecule has 3 heterocycles. The van der Waals surface area contributed by atoms with Gasteiger partial charge < -0.3 is 20.1 Å². The number of hydrogen-bond donors (Lipinski definition) is 4. The van der Waals surface area contributed by atoms with Crippen molar-refractivity contribution in [3.63, 3.8) is 0 Å². The third-order valence-corrected chi connectivity index (χ3v) is 3.62. The van der Waals surface area contributed by atoms with Crippen LogP contribution >= 0.6 is 0 Å². The number of aliphatic imine (C=N–C) groups is 1. The van der Waals surface area contributed by atoms with Crippen molar-refractivity contribution in [1.29, 1.82) is 0 Å². The predicted molar refractivity (Wildman–Crippen MR) is 73.9 cm³/mol. The number of ether oxygens (including phenoxy) is 1. The Balaban J connectivity index is 1.58. The molecule has 1 saturated heterocycles. The Hall–Kier alpha value is -1.65. The van der Waals surface area contributed by atoms with Crippen molar-refractivity contribution in [1.82, 2.24) is 15.4 Å². The first kappa shape index (κ1) is 15.3. The number of hydroxylamine groups is 1. The summed E-state index contributed by atoms with van der Waals surface area (Å²) >= 11 is 0. The van der Waals surface area contributed by atoms with E-state index in [1.807, 2.05) is 6.92 Å². The van der Waals surface area contributed by atoms with Gasteiger partial charge >= 0.3 is 0 Å². The van der Waals surface area contributed by atoms with E-state index in [2.05, 4.69) is 20.4 Å². The van der Waals surface area contributed by atoms with Gasteiger partial charge in [-0.3, -0.25) is 9.83 Å². The number of fused-ring (bicyclic) bond motifs is 1. The van der Waals surface area contributed by atoms with E-state index in [-0.39, 0.29) is 6.61 Å². The van der Waals surface area contributed by atoms with Crippen LogP contribution in [0, 0.1) is 6.92 Å². The number of nitrogens with one attached hydrogen (secondary N) is 1. The van der Waals surface area contributed by atoms with Crippen molar-refractivity contribution in [2.45, 2.75) is 37.9 Å². The molecule has 0 amide bonds. The fourth-order valence-electron chi connectivity index (χ4n) is 2.41. The largest absolute Gasteiger partial charge is 0.387 e. The quantitative estimate of drug-likeness (QED) is 0.474. The van der Waals surface area contributed by atoms with Crippen LogP contribution in [0.25, 0.3) is 0 Å². The van der Waals surface area contributed by atoms with Gasteiger partial charge in [0.2, 0.25) is 0 Å². The molecule has 0 aliphatic carbocycles. The fourth-order valence-corrected chi connectivity index (χ4v) is 2.41. The standard InChI is InChI=1S/C13H18N4O5/c1-6-15-4-7-8(16-6)2-3-14-12(7)17-21-5-9-10(18)11(19)13(20)22-9/h4,9-11,13,18-20H,2-3,5H2,1H3,(H,14,17)/t9-,10-,11-,13?/m1/s1. The lowest BCUT2D eigenvalue weighted by Crippen LogP contribution is -2.37. The molecule has 4 atom stereocenters. The zero-order valence-corrected chi connectivity index (χ0v) is 12.0. The third-order valence-electron chi connectivity index (χ3n) is 3.62. The minimum Gasteiger partial charge on any atom is -0.387 e. The first-order valence-corrected chi connectivity index (χ1v) is 7.01. The van der Waals surface area contributed by atoms with Gasteiger partial charge in [0.1, 0.15) is 30.7 Å². The van der Waals surface area contributed by atoms with Crippen LogP contribution in [0.1, 0.15) is 17.1 Å². The molecule has 0 aromatic carbocycles. The summed E-state index contributed by atoms with van der Waals surface area (Å²) in [4.78, 5) is 18.1. The van der Waals surface area contributed by atoms with E-state index in [1.54, 1.807) is 6.20 Å². The van der Waals surface area contributed by atoms with Crippen LogP contribution in [-0.4, -0.2) is 68.9 Å². The molecule has 0 radical (unpaired) electrons. The van der Waals surface area contributed by atoms with Crippen molar-refractivity contribution < 1.29 is 24.9 Å². The van der Waals surface area contributed by atoms with Gasteiger partial charge in [-0.15, -0.1) is 0 Å². The number of aliphatic hydroxyl groups excluding tert-OH is 3. The molecular formula is C13H18N4O5. The van der Waals surface area contributed by atoms with E-state index in [0.717, 1.165) is 17.7 Å². The van der Waals surface area contributed by atoms with E-state index in [0.29, 0.717) is 18.2 Å². The summed E-state index contributed by atoms with van der Waals surface area (Å²) in [5, 5.41) is 28.4. The molecule has 1 fully saturated rings. The van der Waals surface area contributed by atoms with Gasteiger partial charge in [0.15, 0.2) is 12.1 Å². The molecule has 3 rings (SSSR count). The van der Waals surface area contributed by atoms with Gasteiger partial charge in [-0.25, -0.2) is 15.4 Å². The Kier molecular flexibility index (Phi) is 4.32. The third kappa shape index (κ3) is 2.94. The molecule has 2 aliphatic rings. The molecule has 22 heavy (non-hydrogen) atoms. The lowest BCUT2D eigenvalue weighted by Gasteiger charge is -2.19. The first-order valence-electron chi connectivity index (χ1n) is 7.01. The van der Waals surface area contributed by atoms with Crippen LogP contribution < -0.4 is 5.48 Å². The average Bonchev–Trinajstić information content (AvgIpc) is 2.74. The highest BCUT2D eigenvalue weighted by molar-refractivity contribution is 5.99. The van der Waals surface area contributed by atoms with Crippen molar-refractivity contribution >= 4 is 5.84 Å². The van der Waals surface area contributed by atoms with Gasteiger partial charge in [-0.2, -0.15) is 0 Å². The van der Waals surface area contributed by atoms with Gasteiger partial charge in [-0.1, -0.05) is 0 Å². The SMILES string of the molecule is Cc1ncc2c(n1)CCN=C2NOC[C@H]1OC(O)[C@H](O)[C@@H]1O. The van der Waals surface area contributed by atoms with Crippen LogP contribution in [-0.2, 0) is 16.0 Å². The maximum atomic E-state index is 9.66. The lowest BCUT2D eigenvalue weighted by molar-refractivity contribution is -0.140. The fraction of sp³-hybridized carbons (Fsp3) is 0.615. The van der Waals surface area contributed by atoms with Gasteiger partial charge in [0, 0.05) is 19.2 Å². The van der Waals surface area contributed by atoms with Crippen LogP contribution in [0.5, 0.6) is 0 Å². The van der Waals surface area contributed by atoms with Crippen molar-refractivity contribution in [3.05, 3.63) is 23.3 Å². The Morgan fingerprint density at radius 3 is 2.91 bits per heavy atom. The number of hydrogen-bond acceptors (Lipinski definition) is 9. The molecular weight excluding hydrogens is 292 g/mol. The summed E-state index contributed by atoms with van der Waals surface area (Å²) in [6.07, 6.45) is -2.35. The molecule has 0 saturated carbocycles. The van der Waals surface area contributed by atoms with Gasteiger partial charge in [0.05, 0.1) is 11.3 Å². The molecule has 0 spiro atoms. The topological polar surface area (TPSA) is 129 Å². The molecule has 120 valence electrons. The Morgan fingerprint density at radius 1 is 1.36 bits per heavy atom. The number of aromatic nitrogens is 2. The monoisotopic (exact) mass is 310 g/mol. The Morgan fingerprint density at radius 2 is 2.18 bits per heavy atom. The maximum Gasteiger partial charge on any atom is 0.184 e. The van der Waals surface area contributed by atoms with E-state index in [1.165, 1.54) is 0 Å². The number of nitrogens with zero attached hydrogens (tertiary/aromatic N) is 3. The minimum atomic E-state index is -1.41. The molecule has 9 heteroatoms. The maximum absolute atomic E-state index is 9.66. The van der Waals surface area contributed by atoms with E-state index >= 15 is 0 Å². The first-order chi connectivity index (χ1) is 10.6. The second-order valence-corrected chi connectivity index (χ2v) is 5.22. The van der Waals surface area contributed by atoms with Crippen molar-refractivity contribution in [2.75, 3.05) is 13.2 Å². The molecule has 9 nitrogen and oxygen atoms in total. The minimum absolute atomic E-state index is 0.0592. The van der Waals surface area contributed by atoms with E-state index in [4.69, 9.17) is 9.57 Å². The molecule has 1 unspecified atom stereocenters. The summed E-state index contributed by atoms with van der Waals surface area (Å²) < 4.78 is 4.99. The summed E-state index contributed by atoms with van der Waals surface area (Å²) in [6.45, 7) is 2.36. The Bertz CT molecular complexity index is 582. The highest BCUT2D eigenvalue weighted by Crippen LogP contribution is 2.19. The molecule has 0 bridgehead atoms. The Labute approximate surface area is 126 Å². The van der Waals surface area contributed by atoms with Crippen LogP contribution in [0.4, 0.5) is 0 Å². The second-order valence-electron chi connectivity index (χ2n) is 5.22. The predicted octanol–water partition coefficient (Wildman–Crippen LogP) is -1.95. The van der Waals surface area contributed by atoms with Crippen LogP contribution in [0.2, 0.25) is 0 Å². The van der Waals surface area contributed by atoms with Crippen molar-refractivity contribution in [3.8, 4) is 0 Å². The van der Waals surface area contributed by atoms with Crippen molar-refractivity contribution in [2.24, 2.45) is 4.99 Å². The molecule has 2 aliphatic heterocycles. The highest BCUT2D eigenvalue weighted by Gasteiger charge is 2.42. The van der Waals surface area contributed by atoms with E-state index in [9.17, 15) is 15.3 Å². The normalized spacial score (nSPS) is 30.8. The summed E-state index contributed by atoms with van der Waals surface area (Å²) in [5.41, 5.74) is 4.36. The molecule has 1 aromatic rings. The van der Waals surface area contributed by atoms with Gasteiger partial charge in [0.25, 0.3) is 0 Å². The molecule has 1 aromatic heterocycles. The molecule has 4 N–H and O–H groups in total. The van der Waals surface area contributed by atoms with E-state index < -0.39 is 24.6 Å². The second kappa shape index (κ2) is 6.23. The number of aryl methyl sites for hydroxylation is 1. The zero-order valence-electron chi connectivity index (χ0n) is 12.0. The number of aliphatic hydroxyl groups is 3. The van der Waals surface area contributed by atoms with Crippen LogP contribution in [0.15, 0.2) is 11.2 Å².